The zero-order chi connectivity index (χ0) is 25.0. The Morgan fingerprint density at radius 1 is 0.972 bits per heavy atom. The molecule has 1 aliphatic heterocycles. The lowest BCUT2D eigenvalue weighted by Crippen LogP contribution is -2.37. The fourth-order valence-electron chi connectivity index (χ4n) is 4.27. The third-order valence-electron chi connectivity index (χ3n) is 6.09. The third-order valence-corrected chi connectivity index (χ3v) is 6.09. The van der Waals surface area contributed by atoms with Crippen LogP contribution in [0.2, 0.25) is 0 Å². The van der Waals surface area contributed by atoms with Crippen LogP contribution in [0.1, 0.15) is 41.6 Å². The van der Waals surface area contributed by atoms with E-state index in [9.17, 15) is 9.59 Å². The Hall–Kier alpha value is -3.71. The molecule has 0 fully saturated rings. The number of carbonyl (C=O) groups is 2. The standard InChI is InChI=1S/C29H34N4O3/c34-28(32-19-26-11-5-7-14-30-26)18-24-12-13-27-25(17-24)21-33(20-23-9-3-1-4-10-23)22-29(35)31-15-6-2-8-16-36-27/h1,3-5,7,9-14,17H,2,6,8,15-16,18-22H2,(H,31,35)(H,32,34). The summed E-state index contributed by atoms with van der Waals surface area (Å²) < 4.78 is 6.15. The van der Waals surface area contributed by atoms with Crippen molar-refractivity contribution in [3.05, 3.63) is 95.3 Å². The molecular formula is C29H34N4O3. The van der Waals surface area contributed by atoms with Crippen LogP contribution in [-0.4, -0.2) is 41.4 Å². The molecule has 7 heteroatoms. The van der Waals surface area contributed by atoms with Crippen molar-refractivity contribution in [2.24, 2.45) is 0 Å². The maximum Gasteiger partial charge on any atom is 0.234 e. The van der Waals surface area contributed by atoms with Crippen molar-refractivity contribution in [1.82, 2.24) is 20.5 Å². The first-order chi connectivity index (χ1) is 17.7. The van der Waals surface area contributed by atoms with Crippen molar-refractivity contribution in [3.63, 3.8) is 0 Å². The van der Waals surface area contributed by atoms with Crippen LogP contribution in [0.4, 0.5) is 0 Å². The molecule has 1 aliphatic rings. The number of benzene rings is 2. The predicted molar refractivity (Wildman–Crippen MR) is 139 cm³/mol. The molecule has 188 valence electrons. The summed E-state index contributed by atoms with van der Waals surface area (Å²) in [6, 6.07) is 21.7. The number of amides is 2. The molecule has 2 amide bonds. The SMILES string of the molecule is O=C(Cc1ccc2c(c1)CN(Cc1ccccc1)CC(=O)NCCCCCO2)NCc1ccccn1. The highest BCUT2D eigenvalue weighted by atomic mass is 16.5. The molecular weight excluding hydrogens is 452 g/mol. The van der Waals surface area contributed by atoms with Gasteiger partial charge in [0.1, 0.15) is 5.75 Å². The smallest absolute Gasteiger partial charge is 0.234 e. The van der Waals surface area contributed by atoms with Crippen LogP contribution in [0.15, 0.2) is 72.9 Å². The van der Waals surface area contributed by atoms with Gasteiger partial charge >= 0.3 is 0 Å². The fraction of sp³-hybridized carbons (Fsp3) is 0.345. The molecule has 0 radical (unpaired) electrons. The highest BCUT2D eigenvalue weighted by Crippen LogP contribution is 2.24. The molecule has 3 aromatic rings. The lowest BCUT2D eigenvalue weighted by Gasteiger charge is -2.23. The zero-order valence-electron chi connectivity index (χ0n) is 20.6. The van der Waals surface area contributed by atoms with Gasteiger partial charge in [-0.05, 0) is 48.6 Å². The van der Waals surface area contributed by atoms with Gasteiger partial charge in [0.05, 0.1) is 31.8 Å². The van der Waals surface area contributed by atoms with Gasteiger partial charge in [0.15, 0.2) is 0 Å². The molecule has 4 rings (SSSR count). The van der Waals surface area contributed by atoms with Gasteiger partial charge in [-0.15, -0.1) is 0 Å². The van der Waals surface area contributed by atoms with Crippen molar-refractivity contribution in [2.75, 3.05) is 19.7 Å². The number of ether oxygens (including phenoxy) is 1. The van der Waals surface area contributed by atoms with Crippen LogP contribution >= 0.6 is 0 Å². The summed E-state index contributed by atoms with van der Waals surface area (Å²) in [5.41, 5.74) is 3.85. The summed E-state index contributed by atoms with van der Waals surface area (Å²) in [5, 5.41) is 5.99. The summed E-state index contributed by atoms with van der Waals surface area (Å²) in [7, 11) is 0. The first-order valence-corrected chi connectivity index (χ1v) is 12.6. The number of aromatic nitrogens is 1. The molecule has 0 saturated carbocycles. The van der Waals surface area contributed by atoms with Crippen molar-refractivity contribution in [1.29, 1.82) is 0 Å². The Kier molecular flexibility index (Phi) is 9.45. The number of nitrogens with zero attached hydrogens (tertiary/aromatic N) is 2. The maximum absolute atomic E-state index is 12.7. The number of pyridine rings is 1. The lowest BCUT2D eigenvalue weighted by molar-refractivity contribution is -0.122. The quantitative estimate of drug-likeness (QED) is 0.556. The van der Waals surface area contributed by atoms with Gasteiger partial charge in [0, 0.05) is 31.4 Å². The maximum atomic E-state index is 12.7. The van der Waals surface area contributed by atoms with E-state index in [1.165, 1.54) is 0 Å². The minimum atomic E-state index is -0.0633. The monoisotopic (exact) mass is 486 g/mol. The third kappa shape index (κ3) is 8.20. The zero-order valence-corrected chi connectivity index (χ0v) is 20.6. The minimum Gasteiger partial charge on any atom is -0.493 e. The van der Waals surface area contributed by atoms with E-state index in [4.69, 9.17) is 4.74 Å². The molecule has 7 nitrogen and oxygen atoms in total. The Morgan fingerprint density at radius 2 is 1.83 bits per heavy atom. The molecule has 0 spiro atoms. The Balaban J connectivity index is 1.50. The number of rotatable bonds is 6. The van der Waals surface area contributed by atoms with Crippen LogP contribution in [0.25, 0.3) is 0 Å². The van der Waals surface area contributed by atoms with Gasteiger partial charge in [0.2, 0.25) is 11.8 Å². The molecule has 2 aromatic carbocycles. The summed E-state index contributed by atoms with van der Waals surface area (Å²) in [6.45, 7) is 3.19. The van der Waals surface area contributed by atoms with Crippen molar-refractivity contribution < 1.29 is 14.3 Å². The summed E-state index contributed by atoms with van der Waals surface area (Å²) >= 11 is 0. The molecule has 2 N–H and O–H groups in total. The number of hydrogen-bond acceptors (Lipinski definition) is 5. The van der Waals surface area contributed by atoms with Crippen LogP contribution in [-0.2, 0) is 35.6 Å². The van der Waals surface area contributed by atoms with Crippen LogP contribution < -0.4 is 15.4 Å². The van der Waals surface area contributed by atoms with Gasteiger partial charge in [-0.2, -0.15) is 0 Å². The number of fused-ring (bicyclic) bond motifs is 1. The number of hydrogen-bond donors (Lipinski definition) is 2. The topological polar surface area (TPSA) is 83.6 Å². The van der Waals surface area contributed by atoms with Gasteiger partial charge < -0.3 is 15.4 Å². The average Bonchev–Trinajstić information content (AvgIpc) is 2.90. The van der Waals surface area contributed by atoms with E-state index in [1.807, 2.05) is 54.6 Å². The first-order valence-electron chi connectivity index (χ1n) is 12.6. The second-order valence-corrected chi connectivity index (χ2v) is 9.11. The van der Waals surface area contributed by atoms with E-state index in [0.717, 1.165) is 47.4 Å². The second-order valence-electron chi connectivity index (χ2n) is 9.11. The van der Waals surface area contributed by atoms with E-state index >= 15 is 0 Å². The second kappa shape index (κ2) is 13.4. The number of carbonyl (C=O) groups excluding carboxylic acids is 2. The highest BCUT2D eigenvalue weighted by molar-refractivity contribution is 5.79. The molecule has 0 bridgehead atoms. The molecule has 0 unspecified atom stereocenters. The largest absolute Gasteiger partial charge is 0.493 e. The van der Waals surface area contributed by atoms with Crippen molar-refractivity contribution in [3.8, 4) is 5.75 Å². The highest BCUT2D eigenvalue weighted by Gasteiger charge is 2.17. The van der Waals surface area contributed by atoms with Gasteiger partial charge in [-0.1, -0.05) is 48.5 Å². The predicted octanol–water partition coefficient (Wildman–Crippen LogP) is 3.62. The lowest BCUT2D eigenvalue weighted by atomic mass is 10.1. The molecule has 0 aliphatic carbocycles. The summed E-state index contributed by atoms with van der Waals surface area (Å²) in [5.74, 6) is 0.773. The molecule has 0 saturated heterocycles. The summed E-state index contributed by atoms with van der Waals surface area (Å²) in [4.78, 5) is 31.6. The van der Waals surface area contributed by atoms with Gasteiger partial charge in [-0.3, -0.25) is 19.5 Å². The first kappa shape index (κ1) is 25.4. The Bertz CT molecular complexity index is 1120. The van der Waals surface area contributed by atoms with E-state index < -0.39 is 0 Å². The van der Waals surface area contributed by atoms with Crippen LogP contribution in [0.3, 0.4) is 0 Å². The fourth-order valence-corrected chi connectivity index (χ4v) is 4.27. The number of nitrogens with one attached hydrogen (secondary N) is 2. The molecule has 36 heavy (non-hydrogen) atoms. The van der Waals surface area contributed by atoms with Crippen LogP contribution in [0, 0.1) is 0 Å². The Labute approximate surface area is 212 Å². The van der Waals surface area contributed by atoms with E-state index in [0.29, 0.717) is 39.3 Å². The molecule has 1 aromatic heterocycles. The van der Waals surface area contributed by atoms with Gasteiger partial charge in [-0.25, -0.2) is 0 Å². The normalized spacial score (nSPS) is 15.3. The summed E-state index contributed by atoms with van der Waals surface area (Å²) in [6.07, 6.45) is 4.85. The van der Waals surface area contributed by atoms with Crippen molar-refractivity contribution in [2.45, 2.75) is 45.3 Å². The van der Waals surface area contributed by atoms with E-state index in [2.05, 4.69) is 32.7 Å². The van der Waals surface area contributed by atoms with Crippen LogP contribution in [0.5, 0.6) is 5.75 Å². The Morgan fingerprint density at radius 3 is 2.67 bits per heavy atom. The van der Waals surface area contributed by atoms with E-state index in [-0.39, 0.29) is 18.2 Å². The average molecular weight is 487 g/mol. The van der Waals surface area contributed by atoms with Crippen molar-refractivity contribution >= 4 is 11.8 Å². The molecule has 0 atom stereocenters. The van der Waals surface area contributed by atoms with E-state index in [1.54, 1.807) is 6.20 Å². The van der Waals surface area contributed by atoms with Gasteiger partial charge in [0.25, 0.3) is 0 Å². The molecule has 2 heterocycles. The minimum absolute atomic E-state index is 0.0256.